The monoisotopic (exact) mass is 359 g/mol. The minimum absolute atomic E-state index is 0.127. The summed E-state index contributed by atoms with van der Waals surface area (Å²) in [7, 11) is 0. The number of nitrogens with zero attached hydrogens (tertiary/aromatic N) is 3. The van der Waals surface area contributed by atoms with E-state index in [0.29, 0.717) is 22.9 Å². The van der Waals surface area contributed by atoms with Crippen LogP contribution in [0.25, 0.3) is 5.69 Å². The lowest BCUT2D eigenvalue weighted by Gasteiger charge is -2.08. The Morgan fingerprint density at radius 1 is 1.24 bits per heavy atom. The number of anilines is 2. The van der Waals surface area contributed by atoms with Crippen molar-refractivity contribution in [3.63, 3.8) is 0 Å². The van der Waals surface area contributed by atoms with Crippen molar-refractivity contribution in [1.82, 2.24) is 15.0 Å². The molecule has 0 atom stereocenters. The molecule has 1 amide bonds. The Labute approximate surface area is 148 Å². The Hall–Kier alpha value is -2.93. The molecule has 0 spiro atoms. The molecule has 0 aliphatic carbocycles. The van der Waals surface area contributed by atoms with Crippen LogP contribution in [0.4, 0.5) is 15.8 Å². The van der Waals surface area contributed by atoms with E-state index in [-0.39, 0.29) is 11.6 Å². The van der Waals surface area contributed by atoms with Crippen molar-refractivity contribution in [3.05, 3.63) is 65.2 Å². The van der Waals surface area contributed by atoms with Gasteiger partial charge in [0, 0.05) is 17.6 Å². The highest BCUT2D eigenvalue weighted by Crippen LogP contribution is 2.20. The predicted molar refractivity (Wildman–Crippen MR) is 94.4 cm³/mol. The number of nitrogens with one attached hydrogen (secondary N) is 2. The quantitative estimate of drug-likeness (QED) is 0.729. The van der Waals surface area contributed by atoms with Crippen LogP contribution in [0.1, 0.15) is 12.6 Å². The number of amides is 1. The standard InChI is InChI=1S/C17H15ClFN5O/c1-11(25)21-17-8-13(4-7-16(17)19)20-9-14-10-24(23-22-14)15-5-2-12(18)3-6-15/h2-8,10,20H,9H2,1H3,(H,21,25). The topological polar surface area (TPSA) is 71.8 Å². The molecule has 1 heterocycles. The number of hydrogen-bond acceptors (Lipinski definition) is 4. The average Bonchev–Trinajstić information content (AvgIpc) is 3.05. The second kappa shape index (κ2) is 7.31. The third-order valence-corrected chi connectivity index (χ3v) is 3.63. The van der Waals surface area contributed by atoms with Gasteiger partial charge in [0.2, 0.25) is 5.91 Å². The average molecular weight is 360 g/mol. The van der Waals surface area contributed by atoms with Crippen LogP contribution >= 0.6 is 11.6 Å². The lowest BCUT2D eigenvalue weighted by molar-refractivity contribution is -0.114. The Morgan fingerprint density at radius 3 is 2.72 bits per heavy atom. The van der Waals surface area contributed by atoms with Crippen LogP contribution in [-0.2, 0) is 11.3 Å². The van der Waals surface area contributed by atoms with E-state index in [0.717, 1.165) is 5.69 Å². The van der Waals surface area contributed by atoms with Crippen molar-refractivity contribution in [2.24, 2.45) is 0 Å². The molecule has 0 radical (unpaired) electrons. The van der Waals surface area contributed by atoms with Crippen LogP contribution < -0.4 is 10.6 Å². The Balaban J connectivity index is 1.68. The summed E-state index contributed by atoms with van der Waals surface area (Å²) in [5.74, 6) is -0.823. The van der Waals surface area contributed by atoms with Gasteiger partial charge in [0.05, 0.1) is 24.1 Å². The number of carbonyl (C=O) groups excluding carboxylic acids is 1. The van der Waals surface area contributed by atoms with E-state index in [9.17, 15) is 9.18 Å². The second-order valence-electron chi connectivity index (χ2n) is 5.36. The van der Waals surface area contributed by atoms with Gasteiger partial charge in [-0.2, -0.15) is 0 Å². The van der Waals surface area contributed by atoms with Gasteiger partial charge >= 0.3 is 0 Å². The summed E-state index contributed by atoms with van der Waals surface area (Å²) >= 11 is 5.87. The largest absolute Gasteiger partial charge is 0.379 e. The molecular formula is C17H15ClFN5O. The molecule has 0 fully saturated rings. The number of benzene rings is 2. The highest BCUT2D eigenvalue weighted by molar-refractivity contribution is 6.30. The van der Waals surface area contributed by atoms with Crippen molar-refractivity contribution in [3.8, 4) is 5.69 Å². The second-order valence-corrected chi connectivity index (χ2v) is 5.80. The van der Waals surface area contributed by atoms with Crippen molar-refractivity contribution in [2.45, 2.75) is 13.5 Å². The molecule has 0 unspecified atom stereocenters. The van der Waals surface area contributed by atoms with Crippen LogP contribution in [0.3, 0.4) is 0 Å². The smallest absolute Gasteiger partial charge is 0.221 e. The van der Waals surface area contributed by atoms with Crippen LogP contribution in [0, 0.1) is 5.82 Å². The number of rotatable bonds is 5. The highest BCUT2D eigenvalue weighted by Gasteiger charge is 2.07. The molecular weight excluding hydrogens is 345 g/mol. The molecule has 0 bridgehead atoms. The van der Waals surface area contributed by atoms with E-state index in [1.807, 2.05) is 12.1 Å². The van der Waals surface area contributed by atoms with Gasteiger partial charge in [0.25, 0.3) is 0 Å². The van der Waals surface area contributed by atoms with Crippen LogP contribution in [0.15, 0.2) is 48.7 Å². The maximum Gasteiger partial charge on any atom is 0.221 e. The molecule has 25 heavy (non-hydrogen) atoms. The van der Waals surface area contributed by atoms with Gasteiger partial charge in [0.15, 0.2) is 0 Å². The first-order chi connectivity index (χ1) is 12.0. The minimum Gasteiger partial charge on any atom is -0.379 e. The summed E-state index contributed by atoms with van der Waals surface area (Å²) < 4.78 is 15.3. The molecule has 3 rings (SSSR count). The number of hydrogen-bond donors (Lipinski definition) is 2. The lowest BCUT2D eigenvalue weighted by Crippen LogP contribution is -2.08. The zero-order valence-corrected chi connectivity index (χ0v) is 14.1. The van der Waals surface area contributed by atoms with Crippen LogP contribution in [0.5, 0.6) is 0 Å². The maximum absolute atomic E-state index is 13.6. The molecule has 6 nitrogen and oxygen atoms in total. The van der Waals surface area contributed by atoms with Crippen LogP contribution in [0.2, 0.25) is 5.02 Å². The zero-order chi connectivity index (χ0) is 17.8. The molecule has 3 aromatic rings. The summed E-state index contributed by atoms with van der Waals surface area (Å²) in [5, 5.41) is 14.4. The molecule has 0 saturated carbocycles. The third-order valence-electron chi connectivity index (χ3n) is 3.38. The van der Waals surface area contributed by atoms with E-state index >= 15 is 0 Å². The van der Waals surface area contributed by atoms with Gasteiger partial charge in [0.1, 0.15) is 11.5 Å². The number of aromatic nitrogens is 3. The fourth-order valence-corrected chi connectivity index (χ4v) is 2.34. The van der Waals surface area contributed by atoms with Gasteiger partial charge < -0.3 is 10.6 Å². The maximum atomic E-state index is 13.6. The first kappa shape index (κ1) is 16.9. The zero-order valence-electron chi connectivity index (χ0n) is 13.3. The molecule has 8 heteroatoms. The lowest BCUT2D eigenvalue weighted by atomic mass is 10.2. The molecule has 1 aromatic heterocycles. The highest BCUT2D eigenvalue weighted by atomic mass is 35.5. The fraction of sp³-hybridized carbons (Fsp3) is 0.118. The predicted octanol–water partition coefficient (Wildman–Crippen LogP) is 3.63. The van der Waals surface area contributed by atoms with Crippen molar-refractivity contribution < 1.29 is 9.18 Å². The Bertz CT molecular complexity index is 894. The number of carbonyl (C=O) groups is 1. The SMILES string of the molecule is CC(=O)Nc1cc(NCc2cn(-c3ccc(Cl)cc3)nn2)ccc1F. The molecule has 0 aliphatic rings. The van der Waals surface area contributed by atoms with E-state index in [2.05, 4.69) is 20.9 Å². The number of halogens is 2. The Kier molecular flexibility index (Phi) is 4.95. The normalized spacial score (nSPS) is 10.5. The first-order valence-electron chi connectivity index (χ1n) is 7.49. The van der Waals surface area contributed by atoms with Crippen LogP contribution in [-0.4, -0.2) is 20.9 Å². The molecule has 0 aliphatic heterocycles. The molecule has 2 N–H and O–H groups in total. The van der Waals surface area contributed by atoms with E-state index in [1.54, 1.807) is 29.1 Å². The third kappa shape index (κ3) is 4.33. The van der Waals surface area contributed by atoms with E-state index in [4.69, 9.17) is 11.6 Å². The summed E-state index contributed by atoms with van der Waals surface area (Å²) in [6.45, 7) is 1.73. The molecule has 0 saturated heterocycles. The van der Waals surface area contributed by atoms with Crippen molar-refractivity contribution in [1.29, 1.82) is 0 Å². The fourth-order valence-electron chi connectivity index (χ4n) is 2.21. The van der Waals surface area contributed by atoms with E-state index in [1.165, 1.54) is 19.1 Å². The van der Waals surface area contributed by atoms with E-state index < -0.39 is 5.82 Å². The minimum atomic E-state index is -0.491. The Morgan fingerprint density at radius 2 is 2.00 bits per heavy atom. The van der Waals surface area contributed by atoms with Crippen molar-refractivity contribution >= 4 is 28.9 Å². The summed E-state index contributed by atoms with van der Waals surface area (Å²) in [6, 6.07) is 11.6. The van der Waals surface area contributed by atoms with Gasteiger partial charge in [-0.05, 0) is 42.5 Å². The first-order valence-corrected chi connectivity index (χ1v) is 7.87. The van der Waals surface area contributed by atoms with Gasteiger partial charge in [-0.1, -0.05) is 16.8 Å². The summed E-state index contributed by atoms with van der Waals surface area (Å²) in [6.07, 6.45) is 1.79. The van der Waals surface area contributed by atoms with Gasteiger partial charge in [-0.25, -0.2) is 9.07 Å². The van der Waals surface area contributed by atoms with Gasteiger partial charge in [-0.15, -0.1) is 5.10 Å². The van der Waals surface area contributed by atoms with Crippen molar-refractivity contribution in [2.75, 3.05) is 10.6 Å². The molecule has 2 aromatic carbocycles. The summed E-state index contributed by atoms with van der Waals surface area (Å²) in [4.78, 5) is 11.1. The molecule has 128 valence electrons. The van der Waals surface area contributed by atoms with Gasteiger partial charge in [-0.3, -0.25) is 4.79 Å². The summed E-state index contributed by atoms with van der Waals surface area (Å²) in [5.41, 5.74) is 2.34.